The van der Waals surface area contributed by atoms with Gasteiger partial charge in [0.1, 0.15) is 5.75 Å². The van der Waals surface area contributed by atoms with Gasteiger partial charge >= 0.3 is 0 Å². The fraction of sp³-hybridized carbons (Fsp3) is 0.471. The molecule has 7 heteroatoms. The number of aryl methyl sites for hydroxylation is 1. The lowest BCUT2D eigenvalue weighted by Crippen LogP contribution is -2.48. The van der Waals surface area contributed by atoms with Gasteiger partial charge in [-0.25, -0.2) is 0 Å². The van der Waals surface area contributed by atoms with Gasteiger partial charge in [0.25, 0.3) is 5.91 Å². The molecule has 0 N–H and O–H groups in total. The molecule has 0 saturated carbocycles. The number of rotatable bonds is 4. The Morgan fingerprint density at radius 1 is 1.25 bits per heavy atom. The monoisotopic (exact) mass is 331 g/mol. The Hall–Kier alpha value is -2.41. The normalized spacial score (nSPS) is 20.9. The average Bonchev–Trinajstić information content (AvgIpc) is 2.97. The van der Waals surface area contributed by atoms with Crippen molar-refractivity contribution in [1.82, 2.24) is 15.0 Å². The SMILES string of the molecule is Cc1nc(COc2ccc(C(=O)N3C[C@@H](C)O[C@H](C)C3)cc2)no1. The summed E-state index contributed by atoms with van der Waals surface area (Å²) in [5.74, 6) is 1.66. The van der Waals surface area contributed by atoms with Crippen LogP contribution in [0.3, 0.4) is 0 Å². The molecule has 128 valence electrons. The van der Waals surface area contributed by atoms with Crippen molar-refractivity contribution in [3.05, 3.63) is 41.5 Å². The fourth-order valence-corrected chi connectivity index (χ4v) is 2.77. The third kappa shape index (κ3) is 3.91. The van der Waals surface area contributed by atoms with Crippen LogP contribution in [0.4, 0.5) is 0 Å². The lowest BCUT2D eigenvalue weighted by atomic mass is 10.1. The first-order valence-electron chi connectivity index (χ1n) is 7.98. The second kappa shape index (κ2) is 7.00. The zero-order valence-electron chi connectivity index (χ0n) is 14.1. The first-order valence-corrected chi connectivity index (χ1v) is 7.98. The van der Waals surface area contributed by atoms with Crippen molar-refractivity contribution < 1.29 is 18.8 Å². The Labute approximate surface area is 140 Å². The molecule has 2 atom stereocenters. The van der Waals surface area contributed by atoms with Gasteiger partial charge < -0.3 is 18.9 Å². The van der Waals surface area contributed by atoms with Crippen molar-refractivity contribution in [1.29, 1.82) is 0 Å². The van der Waals surface area contributed by atoms with E-state index in [1.165, 1.54) is 0 Å². The molecule has 1 aromatic carbocycles. The molecule has 3 rings (SSSR count). The number of morpholine rings is 1. The minimum atomic E-state index is 0.0114. The summed E-state index contributed by atoms with van der Waals surface area (Å²) in [7, 11) is 0. The summed E-state index contributed by atoms with van der Waals surface area (Å²) >= 11 is 0. The molecule has 0 spiro atoms. The molecular weight excluding hydrogens is 310 g/mol. The predicted molar refractivity (Wildman–Crippen MR) is 85.7 cm³/mol. The minimum Gasteiger partial charge on any atom is -0.485 e. The van der Waals surface area contributed by atoms with E-state index in [1.54, 1.807) is 31.2 Å². The summed E-state index contributed by atoms with van der Waals surface area (Å²) in [4.78, 5) is 18.5. The van der Waals surface area contributed by atoms with Crippen molar-refractivity contribution in [2.45, 2.75) is 39.6 Å². The molecule has 7 nitrogen and oxygen atoms in total. The maximum absolute atomic E-state index is 12.6. The second-order valence-electron chi connectivity index (χ2n) is 6.01. The van der Waals surface area contributed by atoms with Gasteiger partial charge in [-0.05, 0) is 38.1 Å². The van der Waals surface area contributed by atoms with E-state index in [4.69, 9.17) is 14.0 Å². The minimum absolute atomic E-state index is 0.0114. The first-order chi connectivity index (χ1) is 11.5. The highest BCUT2D eigenvalue weighted by atomic mass is 16.5. The van der Waals surface area contributed by atoms with E-state index >= 15 is 0 Å². The van der Waals surface area contributed by atoms with E-state index in [2.05, 4.69) is 10.1 Å². The fourth-order valence-electron chi connectivity index (χ4n) is 2.77. The van der Waals surface area contributed by atoms with Crippen LogP contribution in [-0.2, 0) is 11.3 Å². The van der Waals surface area contributed by atoms with E-state index in [0.29, 0.717) is 36.1 Å². The quantitative estimate of drug-likeness (QED) is 0.855. The number of amides is 1. The molecule has 24 heavy (non-hydrogen) atoms. The lowest BCUT2D eigenvalue weighted by Gasteiger charge is -2.35. The molecule has 1 saturated heterocycles. The number of carbonyl (C=O) groups is 1. The maximum Gasteiger partial charge on any atom is 0.254 e. The molecule has 1 aliphatic heterocycles. The largest absolute Gasteiger partial charge is 0.485 e. The van der Waals surface area contributed by atoms with Gasteiger partial charge in [-0.15, -0.1) is 0 Å². The molecule has 0 bridgehead atoms. The summed E-state index contributed by atoms with van der Waals surface area (Å²) < 4.78 is 16.1. The number of ether oxygens (including phenoxy) is 2. The molecule has 1 aliphatic rings. The van der Waals surface area contributed by atoms with Crippen LogP contribution < -0.4 is 4.74 Å². The predicted octanol–water partition coefficient (Wildman–Crippen LogP) is 2.21. The van der Waals surface area contributed by atoms with E-state index in [1.807, 2.05) is 18.7 Å². The lowest BCUT2D eigenvalue weighted by molar-refractivity contribution is -0.0586. The topological polar surface area (TPSA) is 77.7 Å². The van der Waals surface area contributed by atoms with Gasteiger partial charge in [0, 0.05) is 25.6 Å². The second-order valence-corrected chi connectivity index (χ2v) is 6.01. The van der Waals surface area contributed by atoms with E-state index in [9.17, 15) is 4.79 Å². The van der Waals surface area contributed by atoms with Gasteiger partial charge in [0.2, 0.25) is 11.7 Å². The molecular formula is C17H21N3O4. The summed E-state index contributed by atoms with van der Waals surface area (Å²) in [5, 5.41) is 3.77. The van der Waals surface area contributed by atoms with Crippen LogP contribution in [0.5, 0.6) is 5.75 Å². The maximum atomic E-state index is 12.6. The molecule has 0 aliphatic carbocycles. The molecule has 2 heterocycles. The molecule has 1 aromatic heterocycles. The molecule has 1 amide bonds. The van der Waals surface area contributed by atoms with Gasteiger partial charge in [-0.1, -0.05) is 5.16 Å². The number of carbonyl (C=O) groups excluding carboxylic acids is 1. The smallest absolute Gasteiger partial charge is 0.254 e. The van der Waals surface area contributed by atoms with Crippen LogP contribution in [0.1, 0.15) is 35.9 Å². The van der Waals surface area contributed by atoms with E-state index in [-0.39, 0.29) is 24.7 Å². The van der Waals surface area contributed by atoms with Crippen molar-refractivity contribution in [3.63, 3.8) is 0 Å². The van der Waals surface area contributed by atoms with E-state index in [0.717, 1.165) is 0 Å². The summed E-state index contributed by atoms with van der Waals surface area (Å²) in [6, 6.07) is 7.08. The Morgan fingerprint density at radius 3 is 2.50 bits per heavy atom. The van der Waals surface area contributed by atoms with Crippen LogP contribution >= 0.6 is 0 Å². The molecule has 0 unspecified atom stereocenters. The van der Waals surface area contributed by atoms with Gasteiger partial charge in [-0.3, -0.25) is 4.79 Å². The molecule has 1 fully saturated rings. The Morgan fingerprint density at radius 2 is 1.92 bits per heavy atom. The average molecular weight is 331 g/mol. The van der Waals surface area contributed by atoms with Crippen LogP contribution in [0.2, 0.25) is 0 Å². The number of nitrogens with zero attached hydrogens (tertiary/aromatic N) is 3. The van der Waals surface area contributed by atoms with Gasteiger partial charge in [-0.2, -0.15) is 4.98 Å². The number of aromatic nitrogens is 2. The first kappa shape index (κ1) is 16.4. The van der Waals surface area contributed by atoms with Gasteiger partial charge in [0.15, 0.2) is 6.61 Å². The zero-order chi connectivity index (χ0) is 17.1. The van der Waals surface area contributed by atoms with Crippen molar-refractivity contribution in [3.8, 4) is 5.75 Å². The standard InChI is InChI=1S/C17H21N3O4/c1-11-8-20(9-12(2)23-11)17(21)14-4-6-15(7-5-14)22-10-16-18-13(3)24-19-16/h4-7,11-12H,8-10H2,1-3H3/t11-,12-/m1/s1. The van der Waals surface area contributed by atoms with Crippen molar-refractivity contribution in [2.24, 2.45) is 0 Å². The highest BCUT2D eigenvalue weighted by Gasteiger charge is 2.26. The highest BCUT2D eigenvalue weighted by Crippen LogP contribution is 2.18. The third-order valence-corrected chi connectivity index (χ3v) is 3.75. The third-order valence-electron chi connectivity index (χ3n) is 3.75. The molecule has 2 aromatic rings. The van der Waals surface area contributed by atoms with Crippen LogP contribution in [0.25, 0.3) is 0 Å². The van der Waals surface area contributed by atoms with Crippen molar-refractivity contribution in [2.75, 3.05) is 13.1 Å². The summed E-state index contributed by atoms with van der Waals surface area (Å²) in [5.41, 5.74) is 0.638. The van der Waals surface area contributed by atoms with E-state index < -0.39 is 0 Å². The summed E-state index contributed by atoms with van der Waals surface area (Å²) in [6.07, 6.45) is 0.109. The van der Waals surface area contributed by atoms with Crippen LogP contribution in [0.15, 0.2) is 28.8 Å². The summed E-state index contributed by atoms with van der Waals surface area (Å²) in [6.45, 7) is 7.13. The van der Waals surface area contributed by atoms with Gasteiger partial charge in [0.05, 0.1) is 12.2 Å². The Balaban J connectivity index is 1.60. The number of hydrogen-bond acceptors (Lipinski definition) is 6. The van der Waals surface area contributed by atoms with Crippen LogP contribution in [0, 0.1) is 6.92 Å². The highest BCUT2D eigenvalue weighted by molar-refractivity contribution is 5.94. The molecule has 0 radical (unpaired) electrons. The zero-order valence-corrected chi connectivity index (χ0v) is 14.1. The van der Waals surface area contributed by atoms with Crippen LogP contribution in [-0.4, -0.2) is 46.2 Å². The number of hydrogen-bond donors (Lipinski definition) is 0. The Kier molecular flexibility index (Phi) is 4.80. The van der Waals surface area contributed by atoms with Crippen molar-refractivity contribution >= 4 is 5.91 Å². The number of benzene rings is 1. The Bertz CT molecular complexity index is 688.